The Labute approximate surface area is 134 Å². The third-order valence-electron chi connectivity index (χ3n) is 3.35. The molecule has 2 rings (SSSR count). The molecule has 2 aromatic carbocycles. The summed E-state index contributed by atoms with van der Waals surface area (Å²) in [6.45, 7) is 0. The molecule has 5 nitrogen and oxygen atoms in total. The Morgan fingerprint density at radius 3 is 2.04 bits per heavy atom. The number of carboxylic acids is 1. The molecule has 0 fully saturated rings. The van der Waals surface area contributed by atoms with E-state index < -0.39 is 5.97 Å². The molecule has 0 bridgehead atoms. The van der Waals surface area contributed by atoms with E-state index in [1.807, 2.05) is 18.2 Å². The van der Waals surface area contributed by atoms with Crippen molar-refractivity contribution >= 4 is 18.1 Å². The average molecular weight is 314 g/mol. The SMILES string of the molecule is COc1ccc(C=Cc2ccc(C(=O)O)cc2)c(OC)c1OC. The number of rotatable bonds is 6. The van der Waals surface area contributed by atoms with Gasteiger partial charge in [0.15, 0.2) is 11.5 Å². The van der Waals surface area contributed by atoms with Crippen molar-refractivity contribution in [2.24, 2.45) is 0 Å². The lowest BCUT2D eigenvalue weighted by atomic mass is 10.1. The Morgan fingerprint density at radius 2 is 1.52 bits per heavy atom. The van der Waals surface area contributed by atoms with E-state index in [1.54, 1.807) is 51.7 Å². The first-order valence-corrected chi connectivity index (χ1v) is 6.91. The van der Waals surface area contributed by atoms with Crippen LogP contribution in [0, 0.1) is 0 Å². The molecule has 0 aliphatic rings. The first kappa shape index (κ1) is 16.4. The molecule has 0 atom stereocenters. The van der Waals surface area contributed by atoms with Crippen LogP contribution in [-0.4, -0.2) is 32.4 Å². The summed E-state index contributed by atoms with van der Waals surface area (Å²) in [7, 11) is 4.69. The molecule has 1 N–H and O–H groups in total. The number of benzene rings is 2. The summed E-state index contributed by atoms with van der Waals surface area (Å²) in [4.78, 5) is 10.8. The Bertz CT molecular complexity index is 717. The summed E-state index contributed by atoms with van der Waals surface area (Å²) in [5.74, 6) is 0.748. The number of carboxylic acid groups (broad SMARTS) is 1. The van der Waals surface area contributed by atoms with Crippen molar-refractivity contribution < 1.29 is 24.1 Å². The lowest BCUT2D eigenvalue weighted by Crippen LogP contribution is -1.96. The summed E-state index contributed by atoms with van der Waals surface area (Å²) >= 11 is 0. The molecular formula is C18H18O5. The maximum atomic E-state index is 10.8. The maximum Gasteiger partial charge on any atom is 0.335 e. The van der Waals surface area contributed by atoms with Crippen molar-refractivity contribution in [3.05, 3.63) is 53.1 Å². The van der Waals surface area contributed by atoms with Gasteiger partial charge in [0.25, 0.3) is 0 Å². The second-order valence-electron chi connectivity index (χ2n) is 4.68. The Morgan fingerprint density at radius 1 is 0.870 bits per heavy atom. The molecule has 0 spiro atoms. The van der Waals surface area contributed by atoms with Gasteiger partial charge in [-0.1, -0.05) is 24.3 Å². The van der Waals surface area contributed by atoms with Gasteiger partial charge in [0, 0.05) is 5.56 Å². The summed E-state index contributed by atoms with van der Waals surface area (Å²) in [5, 5.41) is 8.90. The molecule has 0 aromatic heterocycles. The van der Waals surface area contributed by atoms with Crippen molar-refractivity contribution in [2.45, 2.75) is 0 Å². The zero-order chi connectivity index (χ0) is 16.8. The molecule has 2 aromatic rings. The second-order valence-corrected chi connectivity index (χ2v) is 4.68. The molecule has 0 amide bonds. The quantitative estimate of drug-likeness (QED) is 0.826. The monoisotopic (exact) mass is 314 g/mol. The first-order chi connectivity index (χ1) is 11.1. The predicted octanol–water partition coefficient (Wildman–Crippen LogP) is 3.58. The van der Waals surface area contributed by atoms with Gasteiger partial charge in [-0.05, 0) is 29.8 Å². The maximum absolute atomic E-state index is 10.8. The van der Waals surface area contributed by atoms with E-state index in [2.05, 4.69) is 0 Å². The van der Waals surface area contributed by atoms with Gasteiger partial charge in [-0.2, -0.15) is 0 Å². The molecule has 0 saturated heterocycles. The Hall–Kier alpha value is -2.95. The van der Waals surface area contributed by atoms with Crippen LogP contribution < -0.4 is 14.2 Å². The fourth-order valence-corrected chi connectivity index (χ4v) is 2.18. The minimum atomic E-state index is -0.943. The summed E-state index contributed by atoms with van der Waals surface area (Å²) in [5.41, 5.74) is 1.96. The van der Waals surface area contributed by atoms with Gasteiger partial charge in [0.2, 0.25) is 5.75 Å². The molecule has 0 aliphatic heterocycles. The fraction of sp³-hybridized carbons (Fsp3) is 0.167. The van der Waals surface area contributed by atoms with Crippen LogP contribution in [0.1, 0.15) is 21.5 Å². The number of aromatic carboxylic acids is 1. The number of carbonyl (C=O) groups is 1. The molecular weight excluding hydrogens is 296 g/mol. The average Bonchev–Trinajstić information content (AvgIpc) is 2.59. The van der Waals surface area contributed by atoms with E-state index >= 15 is 0 Å². The largest absolute Gasteiger partial charge is 0.493 e. The smallest absolute Gasteiger partial charge is 0.335 e. The minimum absolute atomic E-state index is 0.255. The molecule has 23 heavy (non-hydrogen) atoms. The standard InChI is InChI=1S/C18H18O5/c1-21-15-11-10-13(16(22-2)17(15)23-3)7-4-12-5-8-14(9-6-12)18(19)20/h4-11H,1-3H3,(H,19,20). The van der Waals surface area contributed by atoms with Gasteiger partial charge >= 0.3 is 5.97 Å². The van der Waals surface area contributed by atoms with E-state index in [0.717, 1.165) is 11.1 Å². The van der Waals surface area contributed by atoms with Crippen molar-refractivity contribution in [1.29, 1.82) is 0 Å². The van der Waals surface area contributed by atoms with E-state index in [1.165, 1.54) is 0 Å². The van der Waals surface area contributed by atoms with E-state index in [0.29, 0.717) is 17.2 Å². The van der Waals surface area contributed by atoms with Crippen molar-refractivity contribution in [3.63, 3.8) is 0 Å². The van der Waals surface area contributed by atoms with Gasteiger partial charge in [-0.3, -0.25) is 0 Å². The first-order valence-electron chi connectivity index (χ1n) is 6.91. The third-order valence-corrected chi connectivity index (χ3v) is 3.35. The van der Waals surface area contributed by atoms with Gasteiger partial charge in [0.05, 0.1) is 26.9 Å². The van der Waals surface area contributed by atoms with Crippen LogP contribution in [0.15, 0.2) is 36.4 Å². The number of ether oxygens (including phenoxy) is 3. The molecule has 0 aliphatic carbocycles. The molecule has 0 unspecified atom stereocenters. The van der Waals surface area contributed by atoms with Gasteiger partial charge in [-0.25, -0.2) is 4.79 Å². The highest BCUT2D eigenvalue weighted by molar-refractivity contribution is 5.88. The van der Waals surface area contributed by atoms with Crippen molar-refractivity contribution in [1.82, 2.24) is 0 Å². The van der Waals surface area contributed by atoms with E-state index in [-0.39, 0.29) is 5.56 Å². The van der Waals surface area contributed by atoms with Crippen LogP contribution in [0.3, 0.4) is 0 Å². The van der Waals surface area contributed by atoms with Crippen LogP contribution in [0.2, 0.25) is 0 Å². The highest BCUT2D eigenvalue weighted by Gasteiger charge is 2.14. The van der Waals surface area contributed by atoms with Crippen LogP contribution in [-0.2, 0) is 0 Å². The van der Waals surface area contributed by atoms with Gasteiger partial charge in [0.1, 0.15) is 0 Å². The highest BCUT2D eigenvalue weighted by atomic mass is 16.5. The van der Waals surface area contributed by atoms with Crippen LogP contribution in [0.25, 0.3) is 12.2 Å². The highest BCUT2D eigenvalue weighted by Crippen LogP contribution is 2.40. The van der Waals surface area contributed by atoms with Crippen LogP contribution in [0.4, 0.5) is 0 Å². The molecule has 5 heteroatoms. The number of hydrogen-bond donors (Lipinski definition) is 1. The lowest BCUT2D eigenvalue weighted by Gasteiger charge is -2.14. The predicted molar refractivity (Wildman–Crippen MR) is 88.4 cm³/mol. The zero-order valence-corrected chi connectivity index (χ0v) is 13.2. The van der Waals surface area contributed by atoms with Crippen LogP contribution >= 0.6 is 0 Å². The Kier molecular flexibility index (Phi) is 5.25. The Balaban J connectivity index is 2.33. The molecule has 0 radical (unpaired) electrons. The molecule has 0 heterocycles. The lowest BCUT2D eigenvalue weighted by molar-refractivity contribution is 0.0697. The molecule has 120 valence electrons. The topological polar surface area (TPSA) is 65.0 Å². The van der Waals surface area contributed by atoms with Crippen molar-refractivity contribution in [3.8, 4) is 17.2 Å². The second kappa shape index (κ2) is 7.35. The number of methoxy groups -OCH3 is 3. The summed E-state index contributed by atoms with van der Waals surface area (Å²) in [6.07, 6.45) is 3.74. The van der Waals surface area contributed by atoms with Crippen LogP contribution in [0.5, 0.6) is 17.2 Å². The fourth-order valence-electron chi connectivity index (χ4n) is 2.18. The summed E-state index contributed by atoms with van der Waals surface area (Å²) < 4.78 is 16.0. The third kappa shape index (κ3) is 3.63. The van der Waals surface area contributed by atoms with Crippen molar-refractivity contribution in [2.75, 3.05) is 21.3 Å². The minimum Gasteiger partial charge on any atom is -0.493 e. The molecule has 0 saturated carbocycles. The zero-order valence-electron chi connectivity index (χ0n) is 13.2. The van der Waals surface area contributed by atoms with E-state index in [9.17, 15) is 4.79 Å². The summed E-state index contributed by atoms with van der Waals surface area (Å²) in [6, 6.07) is 10.3. The van der Waals surface area contributed by atoms with Gasteiger partial charge < -0.3 is 19.3 Å². The number of hydrogen-bond acceptors (Lipinski definition) is 4. The normalized spacial score (nSPS) is 10.6. The van der Waals surface area contributed by atoms with Gasteiger partial charge in [-0.15, -0.1) is 0 Å². The van der Waals surface area contributed by atoms with E-state index in [4.69, 9.17) is 19.3 Å².